The van der Waals surface area contributed by atoms with Crippen molar-refractivity contribution in [3.63, 3.8) is 0 Å². The van der Waals surface area contributed by atoms with Crippen molar-refractivity contribution in [2.75, 3.05) is 24.2 Å². The van der Waals surface area contributed by atoms with Gasteiger partial charge in [-0.15, -0.1) is 0 Å². The number of nitrogens with one attached hydrogen (secondary N) is 1. The van der Waals surface area contributed by atoms with Gasteiger partial charge < -0.3 is 10.6 Å². The van der Waals surface area contributed by atoms with Crippen molar-refractivity contribution in [2.24, 2.45) is 0 Å². The van der Waals surface area contributed by atoms with Crippen LogP contribution in [0, 0.1) is 0 Å². The number of aromatic nitrogens is 2. The van der Waals surface area contributed by atoms with Crippen LogP contribution < -0.4 is 10.6 Å². The van der Waals surface area contributed by atoms with Crippen LogP contribution in [0.1, 0.15) is 5.56 Å². The average molecular weight is 214 g/mol. The maximum absolute atomic E-state index is 5.60. The van der Waals surface area contributed by atoms with Crippen LogP contribution in [0.4, 0.5) is 11.5 Å². The molecule has 0 bridgehead atoms. The molecular weight excluding hydrogens is 200 g/mol. The molecule has 0 saturated carbocycles. The Morgan fingerprint density at radius 3 is 3.00 bits per heavy atom. The van der Waals surface area contributed by atoms with Crippen molar-refractivity contribution in [3.05, 3.63) is 29.8 Å². The number of benzene rings is 1. The van der Waals surface area contributed by atoms with Crippen molar-refractivity contribution in [1.29, 1.82) is 0 Å². The lowest BCUT2D eigenvalue weighted by atomic mass is 10.1. The van der Waals surface area contributed by atoms with Gasteiger partial charge in [0.05, 0.1) is 5.69 Å². The molecule has 0 radical (unpaired) electrons. The van der Waals surface area contributed by atoms with Crippen molar-refractivity contribution < 1.29 is 0 Å². The Balaban J connectivity index is 2.07. The minimum absolute atomic E-state index is 0.531. The minimum atomic E-state index is 0.531. The van der Waals surface area contributed by atoms with Crippen molar-refractivity contribution >= 4 is 11.5 Å². The number of rotatable bonds is 1. The van der Waals surface area contributed by atoms with Gasteiger partial charge in [0, 0.05) is 30.9 Å². The highest BCUT2D eigenvalue weighted by Crippen LogP contribution is 2.31. The smallest absolute Gasteiger partial charge is 0.145 e. The number of nitrogens with zero attached hydrogens (tertiary/aromatic N) is 2. The molecule has 4 nitrogen and oxygen atoms in total. The molecule has 1 aliphatic heterocycles. The number of likely N-dealkylation sites (N-methyl/N-ethyl adjacent to an activating group) is 1. The molecule has 0 aliphatic carbocycles. The molecule has 3 rings (SSSR count). The number of nitrogens with two attached hydrogens (primary N) is 1. The maximum Gasteiger partial charge on any atom is 0.145 e. The molecule has 0 spiro atoms. The predicted octanol–water partition coefficient (Wildman–Crippen LogP) is 1.65. The van der Waals surface area contributed by atoms with Gasteiger partial charge in [-0.25, -0.2) is 0 Å². The molecule has 4 heteroatoms. The molecule has 0 unspecified atom stereocenters. The molecular formula is C12H14N4. The summed E-state index contributed by atoms with van der Waals surface area (Å²) in [5.41, 5.74) is 10.4. The first-order chi connectivity index (χ1) is 7.74. The Labute approximate surface area is 94.1 Å². The first-order valence-electron chi connectivity index (χ1n) is 5.39. The van der Waals surface area contributed by atoms with Crippen LogP contribution in [0.15, 0.2) is 24.3 Å². The molecule has 0 saturated heterocycles. The molecule has 16 heavy (non-hydrogen) atoms. The van der Waals surface area contributed by atoms with Crippen LogP contribution in [0.25, 0.3) is 11.3 Å². The Kier molecular flexibility index (Phi) is 1.89. The van der Waals surface area contributed by atoms with E-state index in [0.717, 1.165) is 24.2 Å². The summed E-state index contributed by atoms with van der Waals surface area (Å²) in [6.45, 7) is 1.10. The van der Waals surface area contributed by atoms with E-state index in [1.54, 1.807) is 0 Å². The van der Waals surface area contributed by atoms with E-state index in [-0.39, 0.29) is 0 Å². The van der Waals surface area contributed by atoms with Gasteiger partial charge in [-0.1, -0.05) is 12.1 Å². The molecule has 2 aromatic rings. The van der Waals surface area contributed by atoms with Gasteiger partial charge in [0.2, 0.25) is 0 Å². The van der Waals surface area contributed by atoms with Crippen LogP contribution in [0.2, 0.25) is 0 Å². The standard InChI is InChI=1S/C12H14N4/c1-16-5-4-8-2-3-9(6-11(8)16)10-7-12(13)15-14-10/h2-3,6-7H,4-5H2,1H3,(H3,13,14,15). The zero-order chi connectivity index (χ0) is 11.1. The van der Waals surface area contributed by atoms with Crippen LogP contribution in [0.3, 0.4) is 0 Å². The highest BCUT2D eigenvalue weighted by Gasteiger charge is 2.16. The van der Waals surface area contributed by atoms with Gasteiger partial charge >= 0.3 is 0 Å². The highest BCUT2D eigenvalue weighted by atomic mass is 15.2. The number of H-pyrrole nitrogens is 1. The number of fused-ring (bicyclic) bond motifs is 1. The second-order valence-electron chi connectivity index (χ2n) is 4.22. The normalized spacial score (nSPS) is 14.2. The van der Waals surface area contributed by atoms with E-state index < -0.39 is 0 Å². The number of nitrogen functional groups attached to an aromatic ring is 1. The van der Waals surface area contributed by atoms with E-state index >= 15 is 0 Å². The van der Waals surface area contributed by atoms with Crippen molar-refractivity contribution in [2.45, 2.75) is 6.42 Å². The molecule has 3 N–H and O–H groups in total. The fourth-order valence-corrected chi connectivity index (χ4v) is 2.19. The predicted molar refractivity (Wildman–Crippen MR) is 65.4 cm³/mol. The summed E-state index contributed by atoms with van der Waals surface area (Å²) in [5, 5.41) is 6.88. The number of anilines is 2. The third-order valence-corrected chi connectivity index (χ3v) is 3.12. The molecule has 82 valence electrons. The SMILES string of the molecule is CN1CCc2ccc(-c3cc(N)n[nH]3)cc21. The van der Waals surface area contributed by atoms with Gasteiger partial charge in [-0.2, -0.15) is 5.10 Å². The first-order valence-corrected chi connectivity index (χ1v) is 5.39. The summed E-state index contributed by atoms with van der Waals surface area (Å²) in [6, 6.07) is 8.35. The van der Waals surface area contributed by atoms with E-state index in [1.165, 1.54) is 11.3 Å². The van der Waals surface area contributed by atoms with Gasteiger partial charge in [-0.3, -0.25) is 5.10 Å². The zero-order valence-electron chi connectivity index (χ0n) is 9.20. The Morgan fingerprint density at radius 1 is 1.38 bits per heavy atom. The van der Waals surface area contributed by atoms with Crippen LogP contribution >= 0.6 is 0 Å². The van der Waals surface area contributed by atoms with E-state index in [9.17, 15) is 0 Å². The highest BCUT2D eigenvalue weighted by molar-refractivity contribution is 5.71. The zero-order valence-corrected chi connectivity index (χ0v) is 9.20. The molecule has 2 heterocycles. The molecule has 1 aliphatic rings. The summed E-state index contributed by atoms with van der Waals surface area (Å²) < 4.78 is 0. The van der Waals surface area contributed by atoms with E-state index in [0.29, 0.717) is 5.82 Å². The fraction of sp³-hybridized carbons (Fsp3) is 0.250. The fourth-order valence-electron chi connectivity index (χ4n) is 2.19. The average Bonchev–Trinajstić information content (AvgIpc) is 2.86. The van der Waals surface area contributed by atoms with E-state index in [1.807, 2.05) is 6.07 Å². The largest absolute Gasteiger partial charge is 0.382 e. The summed E-state index contributed by atoms with van der Waals surface area (Å²) in [5.74, 6) is 0.531. The minimum Gasteiger partial charge on any atom is -0.382 e. The Hall–Kier alpha value is -1.97. The Morgan fingerprint density at radius 2 is 2.25 bits per heavy atom. The third-order valence-electron chi connectivity index (χ3n) is 3.12. The molecule has 0 amide bonds. The van der Waals surface area contributed by atoms with Crippen molar-refractivity contribution in [1.82, 2.24) is 10.2 Å². The summed E-state index contributed by atoms with van der Waals surface area (Å²) in [7, 11) is 2.12. The van der Waals surface area contributed by atoms with Gasteiger partial charge in [0.25, 0.3) is 0 Å². The van der Waals surface area contributed by atoms with Gasteiger partial charge in [0.15, 0.2) is 0 Å². The van der Waals surface area contributed by atoms with Crippen LogP contribution in [0.5, 0.6) is 0 Å². The van der Waals surface area contributed by atoms with Gasteiger partial charge in [-0.05, 0) is 18.1 Å². The summed E-state index contributed by atoms with van der Waals surface area (Å²) >= 11 is 0. The Bertz CT molecular complexity index is 530. The lowest BCUT2D eigenvalue weighted by Gasteiger charge is -2.12. The van der Waals surface area contributed by atoms with Crippen LogP contribution in [-0.2, 0) is 6.42 Å². The van der Waals surface area contributed by atoms with E-state index in [2.05, 4.69) is 40.3 Å². The monoisotopic (exact) mass is 214 g/mol. The second-order valence-corrected chi connectivity index (χ2v) is 4.22. The quantitative estimate of drug-likeness (QED) is 0.759. The van der Waals surface area contributed by atoms with Crippen LogP contribution in [-0.4, -0.2) is 23.8 Å². The number of aromatic amines is 1. The topological polar surface area (TPSA) is 57.9 Å². The molecule has 0 atom stereocenters. The molecule has 1 aromatic carbocycles. The lowest BCUT2D eigenvalue weighted by molar-refractivity contribution is 0.956. The third kappa shape index (κ3) is 1.34. The maximum atomic E-state index is 5.60. The first kappa shape index (κ1) is 9.27. The molecule has 1 aromatic heterocycles. The van der Waals surface area contributed by atoms with Crippen molar-refractivity contribution in [3.8, 4) is 11.3 Å². The lowest BCUT2D eigenvalue weighted by Crippen LogP contribution is -2.12. The van der Waals surface area contributed by atoms with Gasteiger partial charge in [0.1, 0.15) is 5.82 Å². The number of hydrogen-bond acceptors (Lipinski definition) is 3. The molecule has 0 fully saturated rings. The second kappa shape index (κ2) is 3.27. The number of hydrogen-bond donors (Lipinski definition) is 2. The van der Waals surface area contributed by atoms with E-state index in [4.69, 9.17) is 5.73 Å². The summed E-state index contributed by atoms with van der Waals surface area (Å²) in [4.78, 5) is 2.28. The summed E-state index contributed by atoms with van der Waals surface area (Å²) in [6.07, 6.45) is 1.14.